The van der Waals surface area contributed by atoms with Crippen molar-refractivity contribution in [3.63, 3.8) is 0 Å². The Morgan fingerprint density at radius 3 is 2.09 bits per heavy atom. The summed E-state index contributed by atoms with van der Waals surface area (Å²) in [5.41, 5.74) is 7.58. The Morgan fingerprint density at radius 2 is 1.43 bits per heavy atom. The lowest BCUT2D eigenvalue weighted by Gasteiger charge is -2.11. The number of hydrogen-bond donors (Lipinski definition) is 3. The molecular weight excluding hydrogens is 290 g/mol. The van der Waals surface area contributed by atoms with Gasteiger partial charge in [-0.05, 0) is 11.1 Å². The van der Waals surface area contributed by atoms with Crippen LogP contribution in [0, 0.1) is 0 Å². The number of amides is 2. The van der Waals surface area contributed by atoms with Gasteiger partial charge in [-0.1, -0.05) is 67.2 Å². The summed E-state index contributed by atoms with van der Waals surface area (Å²) < 4.78 is 0. The average Bonchev–Trinajstić information content (AvgIpc) is 2.59. The number of benzene rings is 2. The molecule has 2 aromatic carbocycles. The van der Waals surface area contributed by atoms with Crippen LogP contribution in [0.5, 0.6) is 0 Å². The molecule has 2 rings (SSSR count). The number of carbonyl (C=O) groups excluding carboxylic acids is 2. The van der Waals surface area contributed by atoms with Gasteiger partial charge in [-0.15, -0.1) is 0 Å². The van der Waals surface area contributed by atoms with Gasteiger partial charge in [-0.3, -0.25) is 20.4 Å². The van der Waals surface area contributed by atoms with Crippen molar-refractivity contribution < 1.29 is 9.59 Å². The topological polar surface area (TPSA) is 70.2 Å². The summed E-state index contributed by atoms with van der Waals surface area (Å²) in [5, 5.41) is 2.57. The minimum absolute atomic E-state index is 0.0965. The van der Waals surface area contributed by atoms with Crippen LogP contribution in [0.2, 0.25) is 0 Å². The van der Waals surface area contributed by atoms with Crippen LogP contribution in [0.1, 0.15) is 11.1 Å². The highest BCUT2D eigenvalue weighted by Gasteiger charge is 2.06. The van der Waals surface area contributed by atoms with E-state index in [9.17, 15) is 9.59 Å². The van der Waals surface area contributed by atoms with E-state index in [-0.39, 0.29) is 24.8 Å². The van der Waals surface area contributed by atoms with Crippen LogP contribution < -0.4 is 16.2 Å². The van der Waals surface area contributed by atoms with Crippen molar-refractivity contribution in [2.75, 3.05) is 6.54 Å². The summed E-state index contributed by atoms with van der Waals surface area (Å²) in [4.78, 5) is 23.5. The minimum Gasteiger partial charge on any atom is -0.347 e. The molecule has 0 atom stereocenters. The number of rotatable bonds is 7. The first kappa shape index (κ1) is 16.3. The number of hydrazine groups is 1. The van der Waals surface area contributed by atoms with Crippen molar-refractivity contribution in [3.8, 4) is 0 Å². The van der Waals surface area contributed by atoms with E-state index in [0.29, 0.717) is 5.70 Å². The van der Waals surface area contributed by atoms with E-state index < -0.39 is 0 Å². The molecule has 0 bridgehead atoms. The second-order valence-electron chi connectivity index (χ2n) is 4.96. The largest absolute Gasteiger partial charge is 0.347 e. The Morgan fingerprint density at radius 1 is 0.826 bits per heavy atom. The number of nitrogens with one attached hydrogen (secondary N) is 3. The Labute approximate surface area is 135 Å². The third-order valence-corrected chi connectivity index (χ3v) is 3.13. The molecule has 2 aromatic rings. The van der Waals surface area contributed by atoms with Crippen LogP contribution in [0.4, 0.5) is 0 Å². The first-order valence-corrected chi connectivity index (χ1v) is 7.25. The van der Waals surface area contributed by atoms with Crippen LogP contribution in [0.25, 0.3) is 5.70 Å². The monoisotopic (exact) mass is 309 g/mol. The van der Waals surface area contributed by atoms with Crippen LogP contribution in [-0.2, 0) is 16.0 Å². The highest BCUT2D eigenvalue weighted by Crippen LogP contribution is 2.06. The molecule has 0 aliphatic heterocycles. The van der Waals surface area contributed by atoms with Crippen molar-refractivity contribution in [2.24, 2.45) is 0 Å². The summed E-state index contributed by atoms with van der Waals surface area (Å²) in [6, 6.07) is 18.8. The molecule has 5 heteroatoms. The molecule has 0 radical (unpaired) electrons. The van der Waals surface area contributed by atoms with E-state index in [0.717, 1.165) is 11.1 Å². The molecule has 0 saturated heterocycles. The predicted molar refractivity (Wildman–Crippen MR) is 89.9 cm³/mol. The zero-order chi connectivity index (χ0) is 16.5. The van der Waals surface area contributed by atoms with Gasteiger partial charge in [0, 0.05) is 0 Å². The highest BCUT2D eigenvalue weighted by molar-refractivity contribution is 5.85. The second-order valence-corrected chi connectivity index (χ2v) is 4.96. The Bertz CT molecular complexity index is 669. The number of carbonyl (C=O) groups is 2. The predicted octanol–water partition coefficient (Wildman–Crippen LogP) is 1.64. The summed E-state index contributed by atoms with van der Waals surface area (Å²) in [5.74, 6) is -0.545. The van der Waals surface area contributed by atoms with Crippen molar-refractivity contribution >= 4 is 17.5 Å². The minimum atomic E-state index is -0.344. The van der Waals surface area contributed by atoms with E-state index in [1.165, 1.54) is 0 Å². The zero-order valence-corrected chi connectivity index (χ0v) is 12.7. The molecule has 0 aliphatic carbocycles. The lowest BCUT2D eigenvalue weighted by atomic mass is 10.1. The summed E-state index contributed by atoms with van der Waals surface area (Å²) in [6.45, 7) is 3.74. The molecule has 0 saturated carbocycles. The fourth-order valence-corrected chi connectivity index (χ4v) is 1.92. The Hall–Kier alpha value is -3.08. The van der Waals surface area contributed by atoms with Crippen molar-refractivity contribution in [3.05, 3.63) is 78.4 Å². The molecule has 3 N–H and O–H groups in total. The first-order valence-electron chi connectivity index (χ1n) is 7.25. The molecule has 0 fully saturated rings. The lowest BCUT2D eigenvalue weighted by molar-refractivity contribution is -0.126. The summed E-state index contributed by atoms with van der Waals surface area (Å²) in [7, 11) is 0. The van der Waals surface area contributed by atoms with Crippen LogP contribution in [-0.4, -0.2) is 18.4 Å². The van der Waals surface area contributed by atoms with Gasteiger partial charge in [0.1, 0.15) is 0 Å². The van der Waals surface area contributed by atoms with Gasteiger partial charge in [-0.2, -0.15) is 0 Å². The van der Waals surface area contributed by atoms with Crippen LogP contribution in [0.3, 0.4) is 0 Å². The third kappa shape index (κ3) is 5.67. The maximum atomic E-state index is 11.7. The van der Waals surface area contributed by atoms with E-state index in [1.54, 1.807) is 0 Å². The van der Waals surface area contributed by atoms with Gasteiger partial charge in [-0.25, -0.2) is 0 Å². The first-order chi connectivity index (χ1) is 11.1. The van der Waals surface area contributed by atoms with Crippen molar-refractivity contribution in [2.45, 2.75) is 6.42 Å². The third-order valence-electron chi connectivity index (χ3n) is 3.13. The molecule has 118 valence electrons. The molecule has 0 heterocycles. The normalized spacial score (nSPS) is 9.74. The van der Waals surface area contributed by atoms with E-state index in [1.807, 2.05) is 60.7 Å². The molecule has 0 aliphatic rings. The Kier molecular flexibility index (Phi) is 5.94. The quantitative estimate of drug-likeness (QED) is 0.681. The maximum Gasteiger partial charge on any atom is 0.257 e. The van der Waals surface area contributed by atoms with Crippen LogP contribution >= 0.6 is 0 Å². The Balaban J connectivity index is 1.69. The van der Waals surface area contributed by atoms with Gasteiger partial charge in [0.15, 0.2) is 0 Å². The highest BCUT2D eigenvalue weighted by atomic mass is 16.2. The maximum absolute atomic E-state index is 11.7. The van der Waals surface area contributed by atoms with Gasteiger partial charge >= 0.3 is 0 Å². The van der Waals surface area contributed by atoms with Gasteiger partial charge in [0.2, 0.25) is 5.91 Å². The molecule has 2 amide bonds. The fourth-order valence-electron chi connectivity index (χ4n) is 1.92. The van der Waals surface area contributed by atoms with E-state index in [4.69, 9.17) is 0 Å². The smallest absolute Gasteiger partial charge is 0.257 e. The SMILES string of the molecule is C=C(NNC(=O)CNC(=O)Cc1ccccc1)c1ccccc1. The molecule has 0 aromatic heterocycles. The second kappa shape index (κ2) is 8.38. The van der Waals surface area contributed by atoms with Gasteiger partial charge < -0.3 is 5.32 Å². The van der Waals surface area contributed by atoms with E-state index in [2.05, 4.69) is 22.7 Å². The number of hydrogen-bond acceptors (Lipinski definition) is 3. The lowest BCUT2D eigenvalue weighted by Crippen LogP contribution is -2.43. The fraction of sp³-hybridized carbons (Fsp3) is 0.111. The average molecular weight is 309 g/mol. The molecule has 0 unspecified atom stereocenters. The van der Waals surface area contributed by atoms with E-state index >= 15 is 0 Å². The van der Waals surface area contributed by atoms with Crippen LogP contribution in [0.15, 0.2) is 67.2 Å². The van der Waals surface area contributed by atoms with Gasteiger partial charge in [0.25, 0.3) is 5.91 Å². The zero-order valence-electron chi connectivity index (χ0n) is 12.7. The molecule has 0 spiro atoms. The summed E-state index contributed by atoms with van der Waals surface area (Å²) >= 11 is 0. The molecule has 23 heavy (non-hydrogen) atoms. The molecular formula is C18H19N3O2. The standard InChI is InChI=1S/C18H19N3O2/c1-14(16-10-6-3-7-11-16)20-21-18(23)13-19-17(22)12-15-8-4-2-5-9-15/h2-11,20H,1,12-13H2,(H,19,22)(H,21,23). The van der Waals surface area contributed by atoms with Crippen molar-refractivity contribution in [1.29, 1.82) is 0 Å². The molecule has 5 nitrogen and oxygen atoms in total. The van der Waals surface area contributed by atoms with Gasteiger partial charge in [0.05, 0.1) is 18.7 Å². The van der Waals surface area contributed by atoms with Crippen molar-refractivity contribution in [1.82, 2.24) is 16.2 Å². The summed E-state index contributed by atoms with van der Waals surface area (Å²) in [6.07, 6.45) is 0.248.